The molecule has 0 saturated heterocycles. The first-order valence-electron chi connectivity index (χ1n) is 9.45. The first-order chi connectivity index (χ1) is 13.9. The zero-order valence-electron chi connectivity index (χ0n) is 16.8. The van der Waals surface area contributed by atoms with Crippen LogP contribution >= 0.6 is 11.8 Å². The summed E-state index contributed by atoms with van der Waals surface area (Å²) in [7, 11) is 3.12. The van der Waals surface area contributed by atoms with Gasteiger partial charge in [0, 0.05) is 25.8 Å². The maximum Gasteiger partial charge on any atom is 0.332 e. The topological polar surface area (TPSA) is 69.8 Å². The number of fused-ring (bicyclic) bond motifs is 2. The standard InChI is InChI=1S/C22H22N4O2S/c1-13(2)18-23-19-17(21(27)26(4)22(28)25(19)3)20(24-18)29-12-15-10-7-9-14-8-5-6-11-16(14)15/h5-11,13H,12H2,1-4H3. The van der Waals surface area contributed by atoms with E-state index >= 15 is 0 Å². The first kappa shape index (κ1) is 19.4. The Labute approximate surface area is 172 Å². The van der Waals surface area contributed by atoms with Crippen molar-refractivity contribution < 1.29 is 0 Å². The maximum atomic E-state index is 12.9. The van der Waals surface area contributed by atoms with E-state index in [-0.39, 0.29) is 17.2 Å². The van der Waals surface area contributed by atoms with Crippen molar-refractivity contribution >= 4 is 33.6 Å². The van der Waals surface area contributed by atoms with Gasteiger partial charge in [0.1, 0.15) is 16.2 Å². The van der Waals surface area contributed by atoms with Crippen molar-refractivity contribution in [2.75, 3.05) is 0 Å². The molecule has 4 aromatic rings. The largest absolute Gasteiger partial charge is 0.332 e. The second kappa shape index (κ2) is 7.48. The molecule has 6 nitrogen and oxygen atoms in total. The first-order valence-corrected chi connectivity index (χ1v) is 10.4. The molecule has 0 unspecified atom stereocenters. The van der Waals surface area contributed by atoms with Gasteiger partial charge in [-0.2, -0.15) is 0 Å². The average Bonchev–Trinajstić information content (AvgIpc) is 2.73. The fourth-order valence-electron chi connectivity index (χ4n) is 3.37. The van der Waals surface area contributed by atoms with Crippen LogP contribution in [0.4, 0.5) is 0 Å². The van der Waals surface area contributed by atoms with E-state index in [0.717, 1.165) is 4.57 Å². The third-order valence-electron chi connectivity index (χ3n) is 5.04. The molecule has 2 heterocycles. The molecule has 4 rings (SSSR count). The van der Waals surface area contributed by atoms with Gasteiger partial charge in [-0.25, -0.2) is 14.8 Å². The molecule has 29 heavy (non-hydrogen) atoms. The Balaban J connectivity index is 1.88. The van der Waals surface area contributed by atoms with E-state index in [0.29, 0.717) is 27.6 Å². The third-order valence-corrected chi connectivity index (χ3v) is 6.07. The van der Waals surface area contributed by atoms with Gasteiger partial charge in [-0.3, -0.25) is 13.9 Å². The van der Waals surface area contributed by atoms with Gasteiger partial charge < -0.3 is 0 Å². The molecule has 7 heteroatoms. The van der Waals surface area contributed by atoms with Crippen LogP contribution in [0.2, 0.25) is 0 Å². The average molecular weight is 407 g/mol. The van der Waals surface area contributed by atoms with Crippen LogP contribution in [0.25, 0.3) is 21.8 Å². The van der Waals surface area contributed by atoms with Crippen LogP contribution in [-0.4, -0.2) is 19.1 Å². The van der Waals surface area contributed by atoms with E-state index in [1.165, 1.54) is 39.7 Å². The van der Waals surface area contributed by atoms with Gasteiger partial charge in [0.15, 0.2) is 5.65 Å². The molecule has 0 N–H and O–H groups in total. The Kier molecular flexibility index (Phi) is 5.00. The minimum atomic E-state index is -0.388. The van der Waals surface area contributed by atoms with Gasteiger partial charge in [0.25, 0.3) is 5.56 Å². The number of hydrogen-bond donors (Lipinski definition) is 0. The molecule has 148 valence electrons. The van der Waals surface area contributed by atoms with Gasteiger partial charge in [0.05, 0.1) is 0 Å². The van der Waals surface area contributed by atoms with E-state index in [9.17, 15) is 9.59 Å². The van der Waals surface area contributed by atoms with E-state index in [1.807, 2.05) is 32.0 Å². The third kappa shape index (κ3) is 3.35. The molecule has 0 saturated carbocycles. The number of rotatable bonds is 4. The number of benzene rings is 2. The van der Waals surface area contributed by atoms with Crippen molar-refractivity contribution in [1.82, 2.24) is 19.1 Å². The summed E-state index contributed by atoms with van der Waals surface area (Å²) in [5, 5.41) is 3.37. The second-order valence-electron chi connectivity index (χ2n) is 7.37. The van der Waals surface area contributed by atoms with E-state index < -0.39 is 0 Å². The predicted molar refractivity (Wildman–Crippen MR) is 118 cm³/mol. The van der Waals surface area contributed by atoms with Gasteiger partial charge in [-0.05, 0) is 16.3 Å². The zero-order valence-corrected chi connectivity index (χ0v) is 17.7. The van der Waals surface area contributed by atoms with E-state index in [1.54, 1.807) is 7.05 Å². The summed E-state index contributed by atoms with van der Waals surface area (Å²) in [6.07, 6.45) is 0. The molecule has 0 aliphatic carbocycles. The fraction of sp³-hybridized carbons (Fsp3) is 0.273. The van der Waals surface area contributed by atoms with Crippen LogP contribution in [0, 0.1) is 0 Å². The lowest BCUT2D eigenvalue weighted by molar-refractivity contribution is 0.689. The summed E-state index contributed by atoms with van der Waals surface area (Å²) in [5.41, 5.74) is 0.810. The molecule has 0 bridgehead atoms. The highest BCUT2D eigenvalue weighted by molar-refractivity contribution is 7.98. The number of nitrogens with zero attached hydrogens (tertiary/aromatic N) is 4. The fourth-order valence-corrected chi connectivity index (χ4v) is 4.40. The minimum Gasteiger partial charge on any atom is -0.280 e. The monoisotopic (exact) mass is 406 g/mol. The summed E-state index contributed by atoms with van der Waals surface area (Å²) < 4.78 is 2.54. The SMILES string of the molecule is CC(C)c1nc(SCc2cccc3ccccc23)c2c(=O)n(C)c(=O)n(C)c2n1. The Morgan fingerprint density at radius 3 is 2.45 bits per heavy atom. The van der Waals surface area contributed by atoms with Crippen molar-refractivity contribution in [1.29, 1.82) is 0 Å². The Morgan fingerprint density at radius 1 is 0.966 bits per heavy atom. The Morgan fingerprint density at radius 2 is 1.69 bits per heavy atom. The number of hydrogen-bond acceptors (Lipinski definition) is 5. The maximum absolute atomic E-state index is 12.9. The Hall–Kier alpha value is -2.93. The molecular formula is C22H22N4O2S. The molecule has 0 aliphatic heterocycles. The van der Waals surface area contributed by atoms with Crippen LogP contribution < -0.4 is 11.2 Å². The molecule has 0 atom stereocenters. The molecule has 0 aliphatic rings. The van der Waals surface area contributed by atoms with Crippen LogP contribution in [-0.2, 0) is 19.8 Å². The lowest BCUT2D eigenvalue weighted by Crippen LogP contribution is -2.37. The normalized spacial score (nSPS) is 11.6. The summed E-state index contributed by atoms with van der Waals surface area (Å²) in [6, 6.07) is 14.5. The smallest absolute Gasteiger partial charge is 0.280 e. The van der Waals surface area contributed by atoms with Crippen molar-refractivity contribution in [2.24, 2.45) is 14.1 Å². The number of thioether (sulfide) groups is 1. The van der Waals surface area contributed by atoms with Crippen LogP contribution in [0.3, 0.4) is 0 Å². The second-order valence-corrected chi connectivity index (χ2v) is 8.34. The van der Waals surface area contributed by atoms with Gasteiger partial charge >= 0.3 is 5.69 Å². The molecule has 0 fully saturated rings. The quantitative estimate of drug-likeness (QED) is 0.383. The van der Waals surface area contributed by atoms with Gasteiger partial charge in [-0.15, -0.1) is 11.8 Å². The molecular weight excluding hydrogens is 384 g/mol. The lowest BCUT2D eigenvalue weighted by atomic mass is 10.1. The van der Waals surface area contributed by atoms with Crippen LogP contribution in [0.1, 0.15) is 31.2 Å². The molecule has 2 aromatic carbocycles. The Bertz CT molecular complexity index is 1350. The molecule has 2 aromatic heterocycles. The van der Waals surface area contributed by atoms with E-state index in [4.69, 9.17) is 4.98 Å². The van der Waals surface area contributed by atoms with Crippen molar-refractivity contribution in [2.45, 2.75) is 30.5 Å². The minimum absolute atomic E-state index is 0.0791. The predicted octanol–water partition coefficient (Wildman–Crippen LogP) is 3.60. The number of aromatic nitrogens is 4. The lowest BCUT2D eigenvalue weighted by Gasteiger charge is -2.13. The zero-order chi connectivity index (χ0) is 20.7. The molecule has 0 amide bonds. The summed E-state index contributed by atoms with van der Waals surface area (Å²) in [6.45, 7) is 4.00. The van der Waals surface area contributed by atoms with Gasteiger partial charge in [-0.1, -0.05) is 56.3 Å². The highest BCUT2D eigenvalue weighted by atomic mass is 32.2. The van der Waals surface area contributed by atoms with Gasteiger partial charge in [0.2, 0.25) is 0 Å². The highest BCUT2D eigenvalue weighted by Crippen LogP contribution is 2.30. The summed E-state index contributed by atoms with van der Waals surface area (Å²) >= 11 is 1.51. The molecule has 0 spiro atoms. The van der Waals surface area contributed by atoms with Crippen molar-refractivity contribution in [3.8, 4) is 0 Å². The summed E-state index contributed by atoms with van der Waals surface area (Å²) in [5.74, 6) is 1.37. The van der Waals surface area contributed by atoms with Crippen molar-refractivity contribution in [3.63, 3.8) is 0 Å². The van der Waals surface area contributed by atoms with Crippen LogP contribution in [0.5, 0.6) is 0 Å². The summed E-state index contributed by atoms with van der Waals surface area (Å²) in [4.78, 5) is 34.5. The van der Waals surface area contributed by atoms with E-state index in [2.05, 4.69) is 29.2 Å². The molecule has 0 radical (unpaired) electrons. The highest BCUT2D eigenvalue weighted by Gasteiger charge is 2.18. The van der Waals surface area contributed by atoms with Crippen LogP contribution in [0.15, 0.2) is 57.1 Å². The van der Waals surface area contributed by atoms with Crippen molar-refractivity contribution in [3.05, 3.63) is 74.7 Å². The number of aryl methyl sites for hydroxylation is 1.